The molecule has 0 heterocycles. The van der Waals surface area contributed by atoms with Crippen LogP contribution in [0.1, 0.15) is 53.6 Å². The van der Waals surface area contributed by atoms with E-state index in [1.807, 2.05) is 0 Å². The third-order valence-electron chi connectivity index (χ3n) is 4.25. The Hall–Kier alpha value is -0.300. The summed E-state index contributed by atoms with van der Waals surface area (Å²) >= 11 is 3.87. The van der Waals surface area contributed by atoms with Crippen LogP contribution in [-0.4, -0.2) is 0 Å². The van der Waals surface area contributed by atoms with Gasteiger partial charge in [-0.2, -0.15) is 0 Å². The van der Waals surface area contributed by atoms with Gasteiger partial charge < -0.3 is 0 Å². The third kappa shape index (κ3) is 2.07. The van der Waals surface area contributed by atoms with E-state index in [1.165, 1.54) is 50.5 Å². The van der Waals surface area contributed by atoms with Crippen molar-refractivity contribution in [3.8, 4) is 0 Å². The molecule has 1 heteroatoms. The molecule has 0 spiro atoms. The molecule has 1 aromatic rings. The minimum atomic E-state index is 0.587. The van der Waals surface area contributed by atoms with E-state index in [1.54, 1.807) is 11.1 Å². The molecule has 0 aliphatic heterocycles. The van der Waals surface area contributed by atoms with Gasteiger partial charge >= 0.3 is 0 Å². The summed E-state index contributed by atoms with van der Waals surface area (Å²) in [7, 11) is 0. The number of rotatable bonds is 3. The van der Waals surface area contributed by atoms with Crippen LogP contribution >= 0.6 is 15.9 Å². The van der Waals surface area contributed by atoms with Crippen molar-refractivity contribution in [2.75, 3.05) is 0 Å². The quantitative estimate of drug-likeness (QED) is 0.697. The summed E-state index contributed by atoms with van der Waals surface area (Å²) in [6.45, 7) is 0. The molecule has 0 amide bonds. The molecule has 0 saturated heterocycles. The normalized spacial score (nSPS) is 21.6. The number of hydrogen-bond acceptors (Lipinski definition) is 0. The highest BCUT2D eigenvalue weighted by molar-refractivity contribution is 9.09. The van der Waals surface area contributed by atoms with Crippen molar-refractivity contribution in [1.29, 1.82) is 0 Å². The maximum absolute atomic E-state index is 3.87. The summed E-state index contributed by atoms with van der Waals surface area (Å²) in [5.74, 6) is 0.984. The van der Waals surface area contributed by atoms with Gasteiger partial charge in [0.15, 0.2) is 0 Å². The van der Waals surface area contributed by atoms with Crippen LogP contribution in [0, 0.1) is 5.92 Å². The van der Waals surface area contributed by atoms with Gasteiger partial charge in [-0.3, -0.25) is 0 Å². The van der Waals surface area contributed by atoms with E-state index in [-0.39, 0.29) is 0 Å². The lowest BCUT2D eigenvalue weighted by Crippen LogP contribution is -2.12. The van der Waals surface area contributed by atoms with Gasteiger partial charge in [-0.1, -0.05) is 53.4 Å². The second-order valence-electron chi connectivity index (χ2n) is 5.38. The predicted octanol–water partition coefficient (Wildman–Crippen LogP) is 4.80. The first-order valence-electron chi connectivity index (χ1n) is 6.59. The number of halogens is 1. The lowest BCUT2D eigenvalue weighted by atomic mass is 9.81. The number of fused-ring (bicyclic) bond motifs is 1. The van der Waals surface area contributed by atoms with Gasteiger partial charge in [0.05, 0.1) is 0 Å². The lowest BCUT2D eigenvalue weighted by Gasteiger charge is -2.27. The lowest BCUT2D eigenvalue weighted by molar-refractivity contribution is 0.295. The molecule has 1 atom stereocenters. The van der Waals surface area contributed by atoms with Crippen LogP contribution in [0.2, 0.25) is 0 Å². The molecule has 1 saturated carbocycles. The van der Waals surface area contributed by atoms with Gasteiger partial charge in [0.1, 0.15) is 0 Å². The van der Waals surface area contributed by atoms with Crippen LogP contribution in [0.4, 0.5) is 0 Å². The Kier molecular flexibility index (Phi) is 3.06. The van der Waals surface area contributed by atoms with Crippen LogP contribution in [0.15, 0.2) is 18.2 Å². The van der Waals surface area contributed by atoms with E-state index in [4.69, 9.17) is 0 Å². The minimum Gasteiger partial charge on any atom is -0.0839 e. The average molecular weight is 279 g/mol. The molecule has 86 valence electrons. The van der Waals surface area contributed by atoms with Gasteiger partial charge in [0.2, 0.25) is 0 Å². The predicted molar refractivity (Wildman–Crippen MR) is 72.1 cm³/mol. The van der Waals surface area contributed by atoms with Crippen LogP contribution in [0.5, 0.6) is 0 Å². The highest BCUT2D eigenvalue weighted by Crippen LogP contribution is 2.39. The summed E-state index contributed by atoms with van der Waals surface area (Å²) in [4.78, 5) is 0.587. The van der Waals surface area contributed by atoms with Gasteiger partial charge in [-0.25, -0.2) is 0 Å². The molecule has 0 bridgehead atoms. The number of hydrogen-bond donors (Lipinski definition) is 0. The molecule has 1 aromatic carbocycles. The Morgan fingerprint density at radius 2 is 1.94 bits per heavy atom. The highest BCUT2D eigenvalue weighted by atomic mass is 79.9. The maximum atomic E-state index is 3.87. The van der Waals surface area contributed by atoms with Crippen molar-refractivity contribution >= 4 is 15.9 Å². The second kappa shape index (κ2) is 4.52. The van der Waals surface area contributed by atoms with Crippen LogP contribution in [-0.2, 0) is 12.8 Å². The third-order valence-corrected chi connectivity index (χ3v) is 5.15. The zero-order chi connectivity index (χ0) is 11.0. The van der Waals surface area contributed by atoms with Crippen molar-refractivity contribution in [2.24, 2.45) is 5.92 Å². The van der Waals surface area contributed by atoms with Gasteiger partial charge in [-0.05, 0) is 48.3 Å². The molecule has 3 rings (SSSR count). The van der Waals surface area contributed by atoms with E-state index in [0.29, 0.717) is 4.83 Å². The van der Waals surface area contributed by atoms with E-state index in [9.17, 15) is 0 Å². The molecule has 0 aromatic heterocycles. The van der Waals surface area contributed by atoms with Crippen LogP contribution in [0.25, 0.3) is 0 Å². The highest BCUT2D eigenvalue weighted by Gasteiger charge is 2.22. The SMILES string of the molecule is BrC(CC1CCC1)c1ccc2c(c1)CCC2. The Balaban J connectivity index is 1.72. The van der Waals surface area contributed by atoms with Gasteiger partial charge in [-0.15, -0.1) is 0 Å². The van der Waals surface area contributed by atoms with Crippen LogP contribution in [0.3, 0.4) is 0 Å². The first kappa shape index (κ1) is 10.8. The Bertz CT molecular complexity index is 379. The fourth-order valence-electron chi connectivity index (χ4n) is 2.94. The Labute approximate surface area is 107 Å². The molecular formula is C15H19Br. The molecule has 2 aliphatic rings. The number of aryl methyl sites for hydroxylation is 2. The van der Waals surface area contributed by atoms with Crippen molar-refractivity contribution in [1.82, 2.24) is 0 Å². The van der Waals surface area contributed by atoms with E-state index in [0.717, 1.165) is 5.92 Å². The minimum absolute atomic E-state index is 0.587. The average Bonchev–Trinajstić information content (AvgIpc) is 2.69. The summed E-state index contributed by atoms with van der Waals surface area (Å²) in [5.41, 5.74) is 4.70. The van der Waals surface area contributed by atoms with Crippen molar-refractivity contribution < 1.29 is 0 Å². The van der Waals surface area contributed by atoms with Crippen LogP contribution < -0.4 is 0 Å². The number of alkyl halides is 1. The summed E-state index contributed by atoms with van der Waals surface area (Å²) < 4.78 is 0. The fourth-order valence-corrected chi connectivity index (χ4v) is 3.76. The van der Waals surface area contributed by atoms with Gasteiger partial charge in [0, 0.05) is 4.83 Å². The monoisotopic (exact) mass is 278 g/mol. The molecule has 0 nitrogen and oxygen atoms in total. The zero-order valence-corrected chi connectivity index (χ0v) is 11.3. The Morgan fingerprint density at radius 3 is 2.69 bits per heavy atom. The van der Waals surface area contributed by atoms with Gasteiger partial charge in [0.25, 0.3) is 0 Å². The zero-order valence-electron chi connectivity index (χ0n) is 9.71. The first-order chi connectivity index (χ1) is 7.83. The van der Waals surface area contributed by atoms with E-state index >= 15 is 0 Å². The molecule has 16 heavy (non-hydrogen) atoms. The van der Waals surface area contributed by atoms with E-state index < -0.39 is 0 Å². The largest absolute Gasteiger partial charge is 0.0839 e. The summed E-state index contributed by atoms with van der Waals surface area (Å²) in [6.07, 6.45) is 9.64. The van der Waals surface area contributed by atoms with Crippen molar-refractivity contribution in [3.63, 3.8) is 0 Å². The maximum Gasteiger partial charge on any atom is 0.0398 e. The second-order valence-corrected chi connectivity index (χ2v) is 6.49. The fraction of sp³-hybridized carbons (Fsp3) is 0.600. The topological polar surface area (TPSA) is 0 Å². The van der Waals surface area contributed by atoms with Crippen molar-refractivity contribution in [3.05, 3.63) is 34.9 Å². The number of benzene rings is 1. The summed E-state index contributed by atoms with van der Waals surface area (Å²) in [6, 6.07) is 7.13. The van der Waals surface area contributed by atoms with Crippen molar-refractivity contribution in [2.45, 2.75) is 49.8 Å². The van der Waals surface area contributed by atoms with E-state index in [2.05, 4.69) is 34.1 Å². The Morgan fingerprint density at radius 1 is 1.12 bits per heavy atom. The smallest absolute Gasteiger partial charge is 0.0398 e. The molecule has 0 N–H and O–H groups in total. The molecule has 0 radical (unpaired) electrons. The summed E-state index contributed by atoms with van der Waals surface area (Å²) in [5, 5.41) is 0. The molecule has 2 aliphatic carbocycles. The molecule has 1 fully saturated rings. The standard InChI is InChI=1S/C15H19Br/c16-15(9-11-3-1-4-11)14-8-7-12-5-2-6-13(12)10-14/h7-8,10-11,15H,1-6,9H2. The molecular weight excluding hydrogens is 260 g/mol. The molecule has 1 unspecified atom stereocenters. The first-order valence-corrected chi connectivity index (χ1v) is 7.50.